The largest absolute Gasteiger partial charge is 0.394 e. The van der Waals surface area contributed by atoms with E-state index in [1.54, 1.807) is 7.05 Å². The van der Waals surface area contributed by atoms with Crippen LogP contribution in [-0.2, 0) is 23.7 Å². The van der Waals surface area contributed by atoms with Gasteiger partial charge in [-0.3, -0.25) is 0 Å². The molecule has 15 heteroatoms. The molecule has 3 aliphatic rings. The first-order chi connectivity index (χ1) is 17.6. The van der Waals surface area contributed by atoms with Gasteiger partial charge in [0.05, 0.1) is 50.8 Å². The van der Waals surface area contributed by atoms with Crippen LogP contribution in [0.4, 0.5) is 0 Å². The number of aliphatic hydroxyl groups is 9. The van der Waals surface area contributed by atoms with Crippen molar-refractivity contribution in [2.75, 3.05) is 40.0 Å². The lowest BCUT2D eigenvalue weighted by molar-refractivity contribution is -0.328. The van der Waals surface area contributed by atoms with Crippen LogP contribution in [0.5, 0.6) is 0 Å². The highest BCUT2D eigenvalue weighted by atomic mass is 16.7. The van der Waals surface area contributed by atoms with Gasteiger partial charge in [0.2, 0.25) is 0 Å². The van der Waals surface area contributed by atoms with Crippen molar-refractivity contribution in [3.8, 4) is 0 Å². The van der Waals surface area contributed by atoms with Crippen LogP contribution < -0.4 is 5.32 Å². The molecule has 3 saturated heterocycles. The molecule has 10 N–H and O–H groups in total. The van der Waals surface area contributed by atoms with Crippen molar-refractivity contribution in [3.05, 3.63) is 0 Å². The summed E-state index contributed by atoms with van der Waals surface area (Å²) in [5.41, 5.74) is 0. The van der Waals surface area contributed by atoms with Crippen molar-refractivity contribution in [1.29, 1.82) is 0 Å². The summed E-state index contributed by atoms with van der Waals surface area (Å²) in [5.74, 6) is -0.985. The molecule has 14 atom stereocenters. The average Bonchev–Trinajstić information content (AvgIpc) is 2.89. The van der Waals surface area contributed by atoms with E-state index in [0.717, 1.165) is 0 Å². The Morgan fingerprint density at radius 3 is 2.03 bits per heavy atom. The summed E-state index contributed by atoms with van der Waals surface area (Å²) in [6, 6.07) is 0. The van der Waals surface area contributed by atoms with Crippen molar-refractivity contribution >= 4 is 0 Å². The third-order valence-corrected chi connectivity index (χ3v) is 7.11. The molecule has 0 aromatic heterocycles. The SMILES string of the molecule is CNCCO[C@H]1O[C@H](CO[C@H]2O[C@H](CO)[C@@H](O)[C@H](O)[C@@H]2O)[C@@H](O)[C@H](C[C@H]2O[C@H](CO)C[C@H](O)[C@@H]2O)[C@@H]1O. The summed E-state index contributed by atoms with van der Waals surface area (Å²) < 4.78 is 27.9. The fourth-order valence-electron chi connectivity index (χ4n) is 4.86. The van der Waals surface area contributed by atoms with Gasteiger partial charge in [-0.15, -0.1) is 0 Å². The standard InChI is InChI=1S/C22H41NO14/c1-23-2-3-33-21-16(28)10(5-12-17(29)11(26)4-9(6-24)35-12)15(27)14(37-21)8-34-22-20(32)19(31)18(30)13(7-25)36-22/h9-32H,2-8H2,1H3/t9-,10-,11-,12+,13+,14+,15-,16-,17-,18+,19-,20-,21-,22-/m0/s1. The Morgan fingerprint density at radius 2 is 1.38 bits per heavy atom. The van der Waals surface area contributed by atoms with Crippen LogP contribution in [0.25, 0.3) is 0 Å². The van der Waals surface area contributed by atoms with Crippen molar-refractivity contribution < 1.29 is 69.6 Å². The zero-order chi connectivity index (χ0) is 27.3. The Morgan fingerprint density at radius 1 is 0.703 bits per heavy atom. The van der Waals surface area contributed by atoms with Gasteiger partial charge in [-0.05, 0) is 13.5 Å². The number of nitrogens with one attached hydrogen (secondary N) is 1. The number of aliphatic hydroxyl groups excluding tert-OH is 9. The third-order valence-electron chi connectivity index (χ3n) is 7.11. The molecule has 15 nitrogen and oxygen atoms in total. The van der Waals surface area contributed by atoms with Crippen LogP contribution in [0.2, 0.25) is 0 Å². The molecule has 0 radical (unpaired) electrons. The van der Waals surface area contributed by atoms with Gasteiger partial charge >= 0.3 is 0 Å². The molecule has 0 amide bonds. The van der Waals surface area contributed by atoms with Gasteiger partial charge in [0, 0.05) is 18.9 Å². The maximum Gasteiger partial charge on any atom is 0.186 e. The van der Waals surface area contributed by atoms with Gasteiger partial charge < -0.3 is 75.0 Å². The van der Waals surface area contributed by atoms with Gasteiger partial charge in [0.25, 0.3) is 0 Å². The zero-order valence-corrected chi connectivity index (χ0v) is 20.6. The Labute approximate surface area is 214 Å². The topological polar surface area (TPSA) is 240 Å². The predicted molar refractivity (Wildman–Crippen MR) is 121 cm³/mol. The number of ether oxygens (including phenoxy) is 5. The minimum atomic E-state index is -1.66. The lowest BCUT2D eigenvalue weighted by Gasteiger charge is -2.46. The van der Waals surface area contributed by atoms with Crippen LogP contribution >= 0.6 is 0 Å². The smallest absolute Gasteiger partial charge is 0.186 e. The molecule has 37 heavy (non-hydrogen) atoms. The molecular formula is C22H41NO14. The Hall–Kier alpha value is -0.600. The summed E-state index contributed by atoms with van der Waals surface area (Å²) >= 11 is 0. The number of likely N-dealkylation sites (N-methyl/N-ethyl adjacent to an activating group) is 1. The summed E-state index contributed by atoms with van der Waals surface area (Å²) in [4.78, 5) is 0. The van der Waals surface area contributed by atoms with E-state index in [0.29, 0.717) is 6.54 Å². The van der Waals surface area contributed by atoms with E-state index in [1.165, 1.54) is 0 Å². The summed E-state index contributed by atoms with van der Waals surface area (Å²) in [6.45, 7) is -0.858. The molecule has 0 aromatic carbocycles. The number of hydrogen-bond donors (Lipinski definition) is 10. The van der Waals surface area contributed by atoms with Gasteiger partial charge in [-0.2, -0.15) is 0 Å². The first kappa shape index (κ1) is 30.9. The molecule has 0 saturated carbocycles. The van der Waals surface area contributed by atoms with Gasteiger partial charge in [0.1, 0.15) is 42.7 Å². The molecule has 0 aliphatic carbocycles. The Bertz CT molecular complexity index is 675. The normalized spacial score (nSPS) is 47.2. The maximum absolute atomic E-state index is 11.1. The minimum Gasteiger partial charge on any atom is -0.394 e. The third kappa shape index (κ3) is 7.33. The number of rotatable bonds is 11. The van der Waals surface area contributed by atoms with Crippen molar-refractivity contribution in [3.63, 3.8) is 0 Å². The van der Waals surface area contributed by atoms with Crippen LogP contribution in [0, 0.1) is 5.92 Å². The second-order valence-corrected chi connectivity index (χ2v) is 9.70. The molecule has 0 aromatic rings. The molecule has 218 valence electrons. The van der Waals surface area contributed by atoms with Crippen LogP contribution in [0.3, 0.4) is 0 Å². The van der Waals surface area contributed by atoms with Crippen LogP contribution in [-0.4, -0.2) is 166 Å². The lowest BCUT2D eigenvalue weighted by atomic mass is 9.82. The maximum atomic E-state index is 11.1. The molecule has 0 bridgehead atoms. The lowest BCUT2D eigenvalue weighted by Crippen LogP contribution is -2.61. The highest BCUT2D eigenvalue weighted by Crippen LogP contribution is 2.34. The van der Waals surface area contributed by atoms with E-state index in [-0.39, 0.29) is 26.1 Å². The summed E-state index contributed by atoms with van der Waals surface area (Å²) in [6.07, 6.45) is -17.0. The van der Waals surface area contributed by atoms with E-state index in [4.69, 9.17) is 23.7 Å². The molecule has 3 rings (SSSR count). The van der Waals surface area contributed by atoms with E-state index < -0.39 is 98.9 Å². The quantitative estimate of drug-likeness (QED) is 0.109. The van der Waals surface area contributed by atoms with Gasteiger partial charge in [-0.25, -0.2) is 0 Å². The van der Waals surface area contributed by atoms with Crippen LogP contribution in [0.1, 0.15) is 12.8 Å². The van der Waals surface area contributed by atoms with Crippen molar-refractivity contribution in [2.24, 2.45) is 5.92 Å². The average molecular weight is 544 g/mol. The van der Waals surface area contributed by atoms with E-state index in [1.807, 2.05) is 0 Å². The highest BCUT2D eigenvalue weighted by Gasteiger charge is 2.49. The van der Waals surface area contributed by atoms with E-state index in [2.05, 4.69) is 5.32 Å². The Balaban J connectivity index is 1.72. The Kier molecular flexibility index (Phi) is 11.8. The molecule has 3 aliphatic heterocycles. The first-order valence-corrected chi connectivity index (χ1v) is 12.4. The van der Waals surface area contributed by atoms with E-state index in [9.17, 15) is 46.0 Å². The monoisotopic (exact) mass is 543 g/mol. The summed E-state index contributed by atoms with van der Waals surface area (Å²) in [5, 5.41) is 94.4. The second kappa shape index (κ2) is 14.2. The van der Waals surface area contributed by atoms with Gasteiger partial charge in [0.15, 0.2) is 12.6 Å². The second-order valence-electron chi connectivity index (χ2n) is 9.70. The zero-order valence-electron chi connectivity index (χ0n) is 20.6. The van der Waals surface area contributed by atoms with Crippen molar-refractivity contribution in [1.82, 2.24) is 5.32 Å². The predicted octanol–water partition coefficient (Wildman–Crippen LogP) is -5.64. The van der Waals surface area contributed by atoms with E-state index >= 15 is 0 Å². The highest BCUT2D eigenvalue weighted by molar-refractivity contribution is 4.95. The minimum absolute atomic E-state index is 0.0262. The number of hydrogen-bond acceptors (Lipinski definition) is 15. The molecule has 3 fully saturated rings. The fourth-order valence-corrected chi connectivity index (χ4v) is 4.86. The van der Waals surface area contributed by atoms with Gasteiger partial charge in [-0.1, -0.05) is 0 Å². The molecular weight excluding hydrogens is 502 g/mol. The first-order valence-electron chi connectivity index (χ1n) is 12.4. The fraction of sp³-hybridized carbons (Fsp3) is 1.00. The molecule has 3 heterocycles. The molecule has 0 unspecified atom stereocenters. The van der Waals surface area contributed by atoms with Crippen molar-refractivity contribution in [2.45, 2.75) is 92.6 Å². The molecule has 0 spiro atoms. The van der Waals surface area contributed by atoms with Crippen LogP contribution in [0.15, 0.2) is 0 Å². The summed E-state index contributed by atoms with van der Waals surface area (Å²) in [7, 11) is 1.70.